The number of hydrogen-bond acceptors (Lipinski definition) is 3. The Balaban J connectivity index is 2.90. The molecule has 0 aliphatic carbocycles. The van der Waals surface area contributed by atoms with Crippen LogP contribution in [0.2, 0.25) is 0 Å². The predicted molar refractivity (Wildman–Crippen MR) is 44.1 cm³/mol. The normalized spacial score (nSPS) is 10.8. The fourth-order valence-corrected chi connectivity index (χ4v) is 0.921. The summed E-state index contributed by atoms with van der Waals surface area (Å²) in [6.45, 7) is -6.15. The molecular weight excluding hydrogens is 218 g/mol. The second-order valence-electron chi connectivity index (χ2n) is 2.42. The Kier molecular flexibility index (Phi) is 3.59. The third-order valence-corrected chi connectivity index (χ3v) is 1.46. The van der Waals surface area contributed by atoms with Crippen LogP contribution in [0.25, 0.3) is 0 Å². The lowest BCUT2D eigenvalue weighted by atomic mass is 10.3. The monoisotopic (exact) mass is 225 g/mol. The van der Waals surface area contributed by atoms with E-state index in [0.717, 1.165) is 12.1 Å². The van der Waals surface area contributed by atoms with Crippen LogP contribution < -0.4 is 15.2 Å². The van der Waals surface area contributed by atoms with E-state index in [1.165, 1.54) is 6.07 Å². The van der Waals surface area contributed by atoms with E-state index in [1.807, 2.05) is 0 Å². The van der Waals surface area contributed by atoms with Crippen LogP contribution in [0, 0.1) is 0 Å². The first kappa shape index (κ1) is 11.4. The Morgan fingerprint density at radius 3 is 1.67 bits per heavy atom. The maximum absolute atomic E-state index is 11.8. The van der Waals surface area contributed by atoms with Gasteiger partial charge in [-0.05, 0) is 12.1 Å². The largest absolute Gasteiger partial charge is 0.432 e. The number of benzene rings is 1. The summed E-state index contributed by atoms with van der Waals surface area (Å²) in [6, 6.07) is 3.46. The van der Waals surface area contributed by atoms with Crippen molar-refractivity contribution in [3.63, 3.8) is 0 Å². The molecule has 1 rings (SSSR count). The highest BCUT2D eigenvalue weighted by atomic mass is 19.3. The third kappa shape index (κ3) is 3.19. The van der Waals surface area contributed by atoms with Crippen LogP contribution in [-0.4, -0.2) is 13.2 Å². The summed E-state index contributed by atoms with van der Waals surface area (Å²) in [5, 5.41) is 0. The second-order valence-corrected chi connectivity index (χ2v) is 2.42. The maximum atomic E-state index is 11.8. The standard InChI is InChI=1S/C8H7F4NO2/c9-7(10)14-4-2-1-3-5(6(4)13)15-8(11)12/h1-3,7-8H,13H2. The van der Waals surface area contributed by atoms with Gasteiger partial charge < -0.3 is 15.2 Å². The van der Waals surface area contributed by atoms with Gasteiger partial charge in [0.05, 0.1) is 0 Å². The van der Waals surface area contributed by atoms with Gasteiger partial charge in [-0.15, -0.1) is 0 Å². The molecule has 0 amide bonds. The molecule has 0 fully saturated rings. The van der Waals surface area contributed by atoms with E-state index in [0.29, 0.717) is 0 Å². The number of nitrogens with two attached hydrogens (primary N) is 1. The summed E-state index contributed by atoms with van der Waals surface area (Å²) in [4.78, 5) is 0. The molecule has 0 spiro atoms. The van der Waals surface area contributed by atoms with Crippen molar-refractivity contribution < 1.29 is 27.0 Å². The van der Waals surface area contributed by atoms with E-state index in [1.54, 1.807) is 0 Å². The highest BCUT2D eigenvalue weighted by Gasteiger charge is 2.14. The van der Waals surface area contributed by atoms with Gasteiger partial charge in [0.15, 0.2) is 11.5 Å². The quantitative estimate of drug-likeness (QED) is 0.632. The zero-order valence-electron chi connectivity index (χ0n) is 7.29. The lowest BCUT2D eigenvalue weighted by Gasteiger charge is -2.11. The molecule has 0 aliphatic heterocycles. The van der Waals surface area contributed by atoms with Crippen LogP contribution in [0.1, 0.15) is 0 Å². The molecule has 0 heterocycles. The Morgan fingerprint density at radius 2 is 1.33 bits per heavy atom. The predicted octanol–water partition coefficient (Wildman–Crippen LogP) is 2.47. The number of halogens is 4. The van der Waals surface area contributed by atoms with Crippen molar-refractivity contribution in [1.82, 2.24) is 0 Å². The molecule has 0 atom stereocenters. The van der Waals surface area contributed by atoms with Crippen LogP contribution in [-0.2, 0) is 0 Å². The summed E-state index contributed by atoms with van der Waals surface area (Å²) in [5.41, 5.74) is 4.87. The number of nitrogen functional groups attached to an aromatic ring is 1. The average molecular weight is 225 g/mol. The van der Waals surface area contributed by atoms with E-state index in [2.05, 4.69) is 9.47 Å². The lowest BCUT2D eigenvalue weighted by molar-refractivity contribution is -0.0532. The Morgan fingerprint density at radius 1 is 0.933 bits per heavy atom. The average Bonchev–Trinajstić information content (AvgIpc) is 2.10. The number of ether oxygens (including phenoxy) is 2. The van der Waals surface area contributed by atoms with Crippen molar-refractivity contribution in [1.29, 1.82) is 0 Å². The number of anilines is 1. The van der Waals surface area contributed by atoms with Gasteiger partial charge in [-0.2, -0.15) is 17.6 Å². The minimum atomic E-state index is -3.07. The molecule has 15 heavy (non-hydrogen) atoms. The summed E-state index contributed by atoms with van der Waals surface area (Å²) in [7, 11) is 0. The van der Waals surface area contributed by atoms with Crippen LogP contribution in [0.4, 0.5) is 23.2 Å². The minimum Gasteiger partial charge on any atom is -0.432 e. The van der Waals surface area contributed by atoms with Crippen molar-refractivity contribution in [2.75, 3.05) is 5.73 Å². The second kappa shape index (κ2) is 4.72. The number of alkyl halides is 4. The van der Waals surface area contributed by atoms with E-state index < -0.39 is 30.4 Å². The molecule has 7 heteroatoms. The molecule has 0 radical (unpaired) electrons. The molecule has 3 nitrogen and oxygen atoms in total. The molecular formula is C8H7F4NO2. The summed E-state index contributed by atoms with van der Waals surface area (Å²) in [6.07, 6.45) is 0. The van der Waals surface area contributed by atoms with Crippen LogP contribution in [0.5, 0.6) is 11.5 Å². The number of rotatable bonds is 4. The summed E-state index contributed by atoms with van der Waals surface area (Å²) >= 11 is 0. The molecule has 0 bridgehead atoms. The van der Waals surface area contributed by atoms with E-state index in [9.17, 15) is 17.6 Å². The van der Waals surface area contributed by atoms with Crippen molar-refractivity contribution in [2.24, 2.45) is 0 Å². The molecule has 0 unspecified atom stereocenters. The molecule has 1 aromatic rings. The van der Waals surface area contributed by atoms with Crippen molar-refractivity contribution >= 4 is 5.69 Å². The molecule has 84 valence electrons. The minimum absolute atomic E-state index is 0.391. The van der Waals surface area contributed by atoms with E-state index in [4.69, 9.17) is 5.73 Å². The first-order valence-electron chi connectivity index (χ1n) is 3.79. The van der Waals surface area contributed by atoms with Crippen molar-refractivity contribution in [3.8, 4) is 11.5 Å². The Hall–Kier alpha value is -1.66. The third-order valence-electron chi connectivity index (χ3n) is 1.46. The zero-order chi connectivity index (χ0) is 11.4. The SMILES string of the molecule is Nc1c(OC(F)F)cccc1OC(F)F. The topological polar surface area (TPSA) is 44.5 Å². The molecule has 0 aliphatic rings. The van der Waals surface area contributed by atoms with Gasteiger partial charge in [0.1, 0.15) is 5.69 Å². The molecule has 0 saturated heterocycles. The molecule has 1 aromatic carbocycles. The fourth-order valence-electron chi connectivity index (χ4n) is 0.921. The van der Waals surface area contributed by atoms with Crippen LogP contribution >= 0.6 is 0 Å². The molecule has 0 saturated carbocycles. The smallest absolute Gasteiger partial charge is 0.387 e. The van der Waals surface area contributed by atoms with Gasteiger partial charge >= 0.3 is 13.2 Å². The van der Waals surface area contributed by atoms with Crippen molar-refractivity contribution in [3.05, 3.63) is 18.2 Å². The fraction of sp³-hybridized carbons (Fsp3) is 0.250. The molecule has 0 aromatic heterocycles. The number of para-hydroxylation sites is 1. The highest BCUT2D eigenvalue weighted by molar-refractivity contribution is 5.62. The number of hydrogen-bond donors (Lipinski definition) is 1. The lowest BCUT2D eigenvalue weighted by Crippen LogP contribution is -2.08. The van der Waals surface area contributed by atoms with Crippen LogP contribution in [0.15, 0.2) is 18.2 Å². The molecule has 2 N–H and O–H groups in total. The van der Waals surface area contributed by atoms with Gasteiger partial charge in [0.25, 0.3) is 0 Å². The van der Waals surface area contributed by atoms with E-state index in [-0.39, 0.29) is 0 Å². The van der Waals surface area contributed by atoms with Crippen LogP contribution in [0.3, 0.4) is 0 Å². The van der Waals surface area contributed by atoms with Gasteiger partial charge in [-0.3, -0.25) is 0 Å². The Labute approximate surface area is 82.4 Å². The van der Waals surface area contributed by atoms with Gasteiger partial charge in [-0.1, -0.05) is 6.07 Å². The maximum Gasteiger partial charge on any atom is 0.387 e. The van der Waals surface area contributed by atoms with E-state index >= 15 is 0 Å². The van der Waals surface area contributed by atoms with Gasteiger partial charge in [0, 0.05) is 0 Å². The zero-order valence-corrected chi connectivity index (χ0v) is 7.29. The first-order valence-corrected chi connectivity index (χ1v) is 3.79. The highest BCUT2D eigenvalue weighted by Crippen LogP contribution is 2.33. The van der Waals surface area contributed by atoms with Gasteiger partial charge in [0.2, 0.25) is 0 Å². The Bertz CT molecular complexity index is 304. The van der Waals surface area contributed by atoms with Crippen molar-refractivity contribution in [2.45, 2.75) is 13.2 Å². The first-order chi connectivity index (χ1) is 7.00. The summed E-state index contributed by atoms with van der Waals surface area (Å²) < 4.78 is 55.3. The van der Waals surface area contributed by atoms with Gasteiger partial charge in [-0.25, -0.2) is 0 Å². The summed E-state index contributed by atoms with van der Waals surface area (Å²) in [5.74, 6) is -0.800.